The Bertz CT molecular complexity index is 470. The van der Waals surface area contributed by atoms with E-state index in [0.717, 1.165) is 24.4 Å². The second-order valence-electron chi connectivity index (χ2n) is 6.06. The lowest BCUT2D eigenvalue weighted by molar-refractivity contribution is 0.0799. The van der Waals surface area contributed by atoms with E-state index in [2.05, 4.69) is 23.9 Å². The van der Waals surface area contributed by atoms with Crippen molar-refractivity contribution in [3.63, 3.8) is 0 Å². The molecule has 116 valence electrons. The number of ether oxygens (including phenoxy) is 1. The van der Waals surface area contributed by atoms with E-state index in [1.54, 1.807) is 7.11 Å². The Balaban J connectivity index is 2.06. The van der Waals surface area contributed by atoms with Crippen LogP contribution in [0.2, 0.25) is 0 Å². The van der Waals surface area contributed by atoms with Gasteiger partial charge in [0.15, 0.2) is 5.78 Å². The van der Waals surface area contributed by atoms with Crippen LogP contribution in [0.3, 0.4) is 0 Å². The highest BCUT2D eigenvalue weighted by molar-refractivity contribution is 6.00. The van der Waals surface area contributed by atoms with E-state index < -0.39 is 0 Å². The third-order valence-corrected chi connectivity index (χ3v) is 4.25. The lowest BCUT2D eigenvalue weighted by atomic mass is 10.0. The van der Waals surface area contributed by atoms with Gasteiger partial charge in [0, 0.05) is 18.2 Å². The van der Waals surface area contributed by atoms with E-state index in [-0.39, 0.29) is 11.8 Å². The minimum Gasteiger partial charge on any atom is -0.497 e. The molecule has 1 fully saturated rings. The third-order valence-electron chi connectivity index (χ3n) is 4.25. The molecule has 2 rings (SSSR count). The molecular formula is C17H26N2O2. The summed E-state index contributed by atoms with van der Waals surface area (Å²) in [4.78, 5) is 17.2. The first-order chi connectivity index (χ1) is 10.0. The minimum absolute atomic E-state index is 0.0640. The Morgan fingerprint density at radius 2 is 2.05 bits per heavy atom. The van der Waals surface area contributed by atoms with Gasteiger partial charge in [-0.05, 0) is 64.7 Å². The largest absolute Gasteiger partial charge is 0.497 e. The van der Waals surface area contributed by atoms with Gasteiger partial charge in [0.1, 0.15) is 5.75 Å². The van der Waals surface area contributed by atoms with Gasteiger partial charge in [-0.15, -0.1) is 0 Å². The van der Waals surface area contributed by atoms with Crippen LogP contribution >= 0.6 is 0 Å². The van der Waals surface area contributed by atoms with Crippen molar-refractivity contribution in [3.05, 3.63) is 29.8 Å². The third kappa shape index (κ3) is 3.83. The van der Waals surface area contributed by atoms with Crippen molar-refractivity contribution >= 4 is 5.78 Å². The number of hydrogen-bond acceptors (Lipinski definition) is 4. The Morgan fingerprint density at radius 1 is 1.38 bits per heavy atom. The van der Waals surface area contributed by atoms with Gasteiger partial charge in [0.25, 0.3) is 0 Å². The van der Waals surface area contributed by atoms with Gasteiger partial charge in [-0.1, -0.05) is 0 Å². The maximum atomic E-state index is 12.7. The molecule has 1 heterocycles. The first-order valence-electron chi connectivity index (χ1n) is 7.61. The fraction of sp³-hybridized carbons (Fsp3) is 0.588. The van der Waals surface area contributed by atoms with Crippen LogP contribution in [0.4, 0.5) is 0 Å². The quantitative estimate of drug-likeness (QED) is 0.753. The zero-order valence-electron chi connectivity index (χ0n) is 13.5. The predicted molar refractivity (Wildman–Crippen MR) is 85.1 cm³/mol. The Hall–Kier alpha value is -1.39. The highest BCUT2D eigenvalue weighted by atomic mass is 16.5. The molecule has 1 aliphatic heterocycles. The average Bonchev–Trinajstić information content (AvgIpc) is 2.93. The topological polar surface area (TPSA) is 32.8 Å². The molecule has 0 bridgehead atoms. The number of benzene rings is 1. The molecule has 1 saturated heterocycles. The number of likely N-dealkylation sites (N-methyl/N-ethyl adjacent to an activating group) is 1. The van der Waals surface area contributed by atoms with Crippen LogP contribution in [0.5, 0.6) is 5.75 Å². The fourth-order valence-electron chi connectivity index (χ4n) is 3.13. The summed E-state index contributed by atoms with van der Waals surface area (Å²) < 4.78 is 5.14. The molecule has 1 aromatic carbocycles. The van der Waals surface area contributed by atoms with Crippen molar-refractivity contribution in [1.29, 1.82) is 0 Å². The molecule has 0 aliphatic carbocycles. The standard InChI is InChI=1S/C17H26N2O2/c1-13(19-11-5-6-15(19)12-18(2)3)17(20)14-7-9-16(21-4)10-8-14/h7-10,13,15H,5-6,11-12H2,1-4H3. The maximum Gasteiger partial charge on any atom is 0.179 e. The molecule has 1 aromatic rings. The summed E-state index contributed by atoms with van der Waals surface area (Å²) in [5, 5.41) is 0. The summed E-state index contributed by atoms with van der Waals surface area (Å²) in [7, 11) is 5.81. The predicted octanol–water partition coefficient (Wildman–Crippen LogP) is 2.29. The van der Waals surface area contributed by atoms with Gasteiger partial charge >= 0.3 is 0 Å². The number of likely N-dealkylation sites (tertiary alicyclic amines) is 1. The normalized spacial score (nSPS) is 20.7. The van der Waals surface area contributed by atoms with E-state index in [9.17, 15) is 4.79 Å². The molecule has 0 N–H and O–H groups in total. The molecule has 4 heteroatoms. The summed E-state index contributed by atoms with van der Waals surface area (Å²) in [5.41, 5.74) is 0.763. The zero-order chi connectivity index (χ0) is 15.4. The molecular weight excluding hydrogens is 264 g/mol. The summed E-state index contributed by atoms with van der Waals surface area (Å²) in [5.74, 6) is 0.981. The highest BCUT2D eigenvalue weighted by Crippen LogP contribution is 2.23. The van der Waals surface area contributed by atoms with Gasteiger partial charge < -0.3 is 9.64 Å². The van der Waals surface area contributed by atoms with Crippen molar-refractivity contribution in [3.8, 4) is 5.75 Å². The minimum atomic E-state index is -0.0640. The molecule has 2 atom stereocenters. The molecule has 0 aromatic heterocycles. The molecule has 4 nitrogen and oxygen atoms in total. The monoisotopic (exact) mass is 290 g/mol. The SMILES string of the molecule is COc1ccc(C(=O)C(C)N2CCCC2CN(C)C)cc1. The first-order valence-corrected chi connectivity index (χ1v) is 7.61. The van der Waals surface area contributed by atoms with Crippen molar-refractivity contribution in [1.82, 2.24) is 9.80 Å². The molecule has 0 saturated carbocycles. The fourth-order valence-corrected chi connectivity index (χ4v) is 3.13. The van der Waals surface area contributed by atoms with Gasteiger partial charge in [-0.25, -0.2) is 0 Å². The molecule has 0 radical (unpaired) electrons. The van der Waals surface area contributed by atoms with Crippen LogP contribution in [-0.4, -0.2) is 62.0 Å². The maximum absolute atomic E-state index is 12.7. The molecule has 21 heavy (non-hydrogen) atoms. The van der Waals surface area contributed by atoms with Crippen molar-refractivity contribution in [2.45, 2.75) is 31.8 Å². The van der Waals surface area contributed by atoms with Gasteiger partial charge in [-0.2, -0.15) is 0 Å². The number of ketones is 1. The van der Waals surface area contributed by atoms with E-state index >= 15 is 0 Å². The van der Waals surface area contributed by atoms with Gasteiger partial charge in [-0.3, -0.25) is 9.69 Å². The van der Waals surface area contributed by atoms with Crippen molar-refractivity contribution in [2.24, 2.45) is 0 Å². The van der Waals surface area contributed by atoms with Gasteiger partial charge in [0.05, 0.1) is 13.2 Å². The Labute approximate surface area is 127 Å². The number of methoxy groups -OCH3 is 1. The summed E-state index contributed by atoms with van der Waals surface area (Å²) in [6.45, 7) is 4.06. The number of nitrogens with zero attached hydrogens (tertiary/aromatic N) is 2. The lowest BCUT2D eigenvalue weighted by Crippen LogP contribution is -2.46. The van der Waals surface area contributed by atoms with Crippen molar-refractivity contribution < 1.29 is 9.53 Å². The second kappa shape index (κ2) is 7.05. The van der Waals surface area contributed by atoms with Crippen LogP contribution in [0.15, 0.2) is 24.3 Å². The van der Waals surface area contributed by atoms with Crippen LogP contribution in [0.1, 0.15) is 30.1 Å². The number of Topliss-reactive ketones (excluding diaryl/α,β-unsaturated/α-hetero) is 1. The number of rotatable bonds is 6. The van der Waals surface area contributed by atoms with E-state index in [1.165, 1.54) is 12.8 Å². The van der Waals surface area contributed by atoms with Crippen LogP contribution in [0, 0.1) is 0 Å². The zero-order valence-corrected chi connectivity index (χ0v) is 13.5. The highest BCUT2D eigenvalue weighted by Gasteiger charge is 2.32. The molecule has 2 unspecified atom stereocenters. The molecule has 0 amide bonds. The van der Waals surface area contributed by atoms with Crippen LogP contribution in [-0.2, 0) is 0 Å². The number of hydrogen-bond donors (Lipinski definition) is 0. The summed E-state index contributed by atoms with van der Waals surface area (Å²) in [6, 6.07) is 7.83. The lowest BCUT2D eigenvalue weighted by Gasteiger charge is -2.31. The Morgan fingerprint density at radius 3 is 2.62 bits per heavy atom. The number of carbonyl (C=O) groups is 1. The van der Waals surface area contributed by atoms with Crippen LogP contribution in [0.25, 0.3) is 0 Å². The van der Waals surface area contributed by atoms with E-state index in [0.29, 0.717) is 6.04 Å². The smallest absolute Gasteiger partial charge is 0.179 e. The summed E-state index contributed by atoms with van der Waals surface area (Å²) >= 11 is 0. The molecule has 0 spiro atoms. The number of carbonyl (C=O) groups excluding carboxylic acids is 1. The average molecular weight is 290 g/mol. The van der Waals surface area contributed by atoms with E-state index in [4.69, 9.17) is 4.74 Å². The van der Waals surface area contributed by atoms with Crippen molar-refractivity contribution in [2.75, 3.05) is 34.3 Å². The second-order valence-corrected chi connectivity index (χ2v) is 6.06. The summed E-state index contributed by atoms with van der Waals surface area (Å²) in [6.07, 6.45) is 2.36. The molecule has 1 aliphatic rings. The first kappa shape index (κ1) is 16.0. The Kier molecular flexibility index (Phi) is 5.37. The van der Waals surface area contributed by atoms with Gasteiger partial charge in [0.2, 0.25) is 0 Å². The van der Waals surface area contributed by atoms with Crippen LogP contribution < -0.4 is 4.74 Å². The van der Waals surface area contributed by atoms with E-state index in [1.807, 2.05) is 31.2 Å².